The van der Waals surface area contributed by atoms with E-state index in [1.165, 1.54) is 37.1 Å². The minimum absolute atomic E-state index is 0.244. The van der Waals surface area contributed by atoms with E-state index in [4.69, 9.17) is 0 Å². The second-order valence-electron chi connectivity index (χ2n) is 6.76. The molecule has 0 fully saturated rings. The van der Waals surface area contributed by atoms with Crippen LogP contribution in [-0.2, 0) is 6.42 Å². The molecule has 0 spiro atoms. The Kier molecular flexibility index (Phi) is 4.51. The summed E-state index contributed by atoms with van der Waals surface area (Å²) in [6.07, 6.45) is 3.72. The summed E-state index contributed by atoms with van der Waals surface area (Å²) in [5.41, 5.74) is 3.22. The number of unbranched alkanes of at least 4 members (excludes halogenated alkanes) is 1. The summed E-state index contributed by atoms with van der Waals surface area (Å²) in [6, 6.07) is 9.51. The van der Waals surface area contributed by atoms with Gasteiger partial charge >= 0.3 is 0 Å². The molecule has 1 aliphatic heterocycles. The molecule has 1 aliphatic rings. The van der Waals surface area contributed by atoms with Crippen LogP contribution in [0.25, 0.3) is 0 Å². The lowest BCUT2D eigenvalue weighted by atomic mass is 10.1. The normalized spacial score (nSPS) is 18.7. The number of nitrogens with zero attached hydrogens (tertiary/aromatic N) is 1. The molecular formula is C17H28N2. The fourth-order valence-corrected chi connectivity index (χ4v) is 2.84. The van der Waals surface area contributed by atoms with E-state index in [-0.39, 0.29) is 5.54 Å². The van der Waals surface area contributed by atoms with Crippen molar-refractivity contribution in [2.24, 2.45) is 0 Å². The summed E-state index contributed by atoms with van der Waals surface area (Å²) >= 11 is 0. The Morgan fingerprint density at radius 2 is 1.95 bits per heavy atom. The van der Waals surface area contributed by atoms with E-state index in [9.17, 15) is 0 Å². The van der Waals surface area contributed by atoms with Crippen LogP contribution in [0.3, 0.4) is 0 Å². The predicted molar refractivity (Wildman–Crippen MR) is 83.9 cm³/mol. The van der Waals surface area contributed by atoms with Crippen LogP contribution in [-0.4, -0.2) is 24.7 Å². The van der Waals surface area contributed by atoms with Gasteiger partial charge in [0, 0.05) is 23.8 Å². The number of para-hydroxylation sites is 1. The minimum atomic E-state index is 0.244. The van der Waals surface area contributed by atoms with Crippen molar-refractivity contribution in [2.45, 2.75) is 58.5 Å². The summed E-state index contributed by atoms with van der Waals surface area (Å²) in [7, 11) is 0. The highest BCUT2D eigenvalue weighted by Gasteiger charge is 2.24. The Hall–Kier alpha value is -1.02. The highest BCUT2D eigenvalue weighted by atomic mass is 15.2. The van der Waals surface area contributed by atoms with Crippen LogP contribution in [0.4, 0.5) is 5.69 Å². The molecule has 2 nitrogen and oxygen atoms in total. The van der Waals surface area contributed by atoms with Gasteiger partial charge in [0.15, 0.2) is 0 Å². The fourth-order valence-electron chi connectivity index (χ4n) is 2.84. The zero-order valence-corrected chi connectivity index (χ0v) is 12.9. The molecule has 0 radical (unpaired) electrons. The summed E-state index contributed by atoms with van der Waals surface area (Å²) in [5, 5.41) is 3.56. The van der Waals surface area contributed by atoms with Crippen molar-refractivity contribution in [3.8, 4) is 0 Å². The van der Waals surface area contributed by atoms with Crippen LogP contribution in [0.5, 0.6) is 0 Å². The maximum atomic E-state index is 3.56. The zero-order valence-electron chi connectivity index (χ0n) is 12.9. The van der Waals surface area contributed by atoms with Gasteiger partial charge in [0.1, 0.15) is 0 Å². The van der Waals surface area contributed by atoms with E-state index in [1.807, 2.05) is 0 Å². The first-order valence-electron chi connectivity index (χ1n) is 7.57. The van der Waals surface area contributed by atoms with Crippen LogP contribution >= 0.6 is 0 Å². The zero-order chi connectivity index (χ0) is 13.9. The van der Waals surface area contributed by atoms with E-state index >= 15 is 0 Å². The molecule has 2 heteroatoms. The molecule has 0 bridgehead atoms. The lowest BCUT2D eigenvalue weighted by molar-refractivity contribution is 0.418. The van der Waals surface area contributed by atoms with Gasteiger partial charge in [-0.3, -0.25) is 0 Å². The SMILES string of the molecule is CC1Cc2ccccc2N1CCCCNC(C)(C)C. The maximum Gasteiger partial charge on any atom is 0.0402 e. The summed E-state index contributed by atoms with van der Waals surface area (Å²) in [4.78, 5) is 2.58. The molecule has 0 aliphatic carbocycles. The molecule has 0 amide bonds. The van der Waals surface area contributed by atoms with Gasteiger partial charge in [0.05, 0.1) is 0 Å². The molecular weight excluding hydrogens is 232 g/mol. The van der Waals surface area contributed by atoms with Crippen LogP contribution in [0.2, 0.25) is 0 Å². The molecule has 1 aromatic rings. The number of hydrogen-bond donors (Lipinski definition) is 1. The first-order chi connectivity index (χ1) is 8.97. The number of rotatable bonds is 5. The Balaban J connectivity index is 1.78. The summed E-state index contributed by atoms with van der Waals surface area (Å²) in [6.45, 7) is 11.3. The van der Waals surface area contributed by atoms with Crippen molar-refractivity contribution < 1.29 is 0 Å². The van der Waals surface area contributed by atoms with Gasteiger partial charge in [-0.05, 0) is 65.1 Å². The molecule has 1 N–H and O–H groups in total. The monoisotopic (exact) mass is 260 g/mol. The highest BCUT2D eigenvalue weighted by Crippen LogP contribution is 2.31. The van der Waals surface area contributed by atoms with E-state index in [2.05, 4.69) is 62.2 Å². The Labute approximate surface area is 118 Å². The molecule has 106 valence electrons. The van der Waals surface area contributed by atoms with Gasteiger partial charge in [-0.25, -0.2) is 0 Å². The standard InChI is InChI=1S/C17H28N2/c1-14-13-15-9-5-6-10-16(15)19(14)12-8-7-11-18-17(2,3)4/h5-6,9-10,14,18H,7-8,11-13H2,1-4H3. The highest BCUT2D eigenvalue weighted by molar-refractivity contribution is 5.59. The third kappa shape index (κ3) is 3.97. The number of hydrogen-bond acceptors (Lipinski definition) is 2. The molecule has 0 aromatic heterocycles. The van der Waals surface area contributed by atoms with E-state index in [0.29, 0.717) is 6.04 Å². The van der Waals surface area contributed by atoms with Crippen LogP contribution in [0.1, 0.15) is 46.1 Å². The first-order valence-corrected chi connectivity index (χ1v) is 7.57. The topological polar surface area (TPSA) is 15.3 Å². The second-order valence-corrected chi connectivity index (χ2v) is 6.76. The fraction of sp³-hybridized carbons (Fsp3) is 0.647. The van der Waals surface area contributed by atoms with E-state index < -0.39 is 0 Å². The largest absolute Gasteiger partial charge is 0.368 e. The van der Waals surface area contributed by atoms with Crippen LogP contribution in [0.15, 0.2) is 24.3 Å². The van der Waals surface area contributed by atoms with Crippen molar-refractivity contribution in [2.75, 3.05) is 18.0 Å². The van der Waals surface area contributed by atoms with Crippen molar-refractivity contribution in [3.05, 3.63) is 29.8 Å². The van der Waals surface area contributed by atoms with Crippen LogP contribution < -0.4 is 10.2 Å². The van der Waals surface area contributed by atoms with E-state index in [1.54, 1.807) is 0 Å². The summed E-state index contributed by atoms with van der Waals surface area (Å²) < 4.78 is 0. The average Bonchev–Trinajstić information content (AvgIpc) is 2.64. The average molecular weight is 260 g/mol. The Bertz CT molecular complexity index is 406. The first kappa shape index (κ1) is 14.4. The quantitative estimate of drug-likeness (QED) is 0.814. The molecule has 2 rings (SSSR count). The molecule has 19 heavy (non-hydrogen) atoms. The van der Waals surface area contributed by atoms with Gasteiger partial charge in [0.25, 0.3) is 0 Å². The predicted octanol–water partition coefficient (Wildman–Crippen LogP) is 3.61. The van der Waals surface area contributed by atoms with Crippen LogP contribution in [0, 0.1) is 0 Å². The number of nitrogens with one attached hydrogen (secondary N) is 1. The smallest absolute Gasteiger partial charge is 0.0402 e. The van der Waals surface area contributed by atoms with Gasteiger partial charge in [-0.1, -0.05) is 18.2 Å². The molecule has 1 atom stereocenters. The van der Waals surface area contributed by atoms with E-state index in [0.717, 1.165) is 6.54 Å². The number of fused-ring (bicyclic) bond motifs is 1. The maximum absolute atomic E-state index is 3.56. The molecule has 0 saturated heterocycles. The lowest BCUT2D eigenvalue weighted by Gasteiger charge is -2.25. The van der Waals surface area contributed by atoms with Crippen molar-refractivity contribution in [3.63, 3.8) is 0 Å². The third-order valence-corrected chi connectivity index (χ3v) is 3.83. The Morgan fingerprint density at radius 3 is 2.68 bits per heavy atom. The second kappa shape index (κ2) is 5.96. The van der Waals surface area contributed by atoms with Gasteiger partial charge in [-0.2, -0.15) is 0 Å². The molecule has 1 unspecified atom stereocenters. The van der Waals surface area contributed by atoms with Gasteiger partial charge in [-0.15, -0.1) is 0 Å². The van der Waals surface area contributed by atoms with Gasteiger partial charge < -0.3 is 10.2 Å². The molecule has 1 aromatic carbocycles. The van der Waals surface area contributed by atoms with Crippen molar-refractivity contribution in [1.82, 2.24) is 5.32 Å². The van der Waals surface area contributed by atoms with Crippen molar-refractivity contribution in [1.29, 1.82) is 0 Å². The van der Waals surface area contributed by atoms with Gasteiger partial charge in [0.2, 0.25) is 0 Å². The number of anilines is 1. The molecule has 1 heterocycles. The minimum Gasteiger partial charge on any atom is -0.368 e. The third-order valence-electron chi connectivity index (χ3n) is 3.83. The summed E-state index contributed by atoms with van der Waals surface area (Å²) in [5.74, 6) is 0. The molecule has 0 saturated carbocycles. The number of benzene rings is 1. The lowest BCUT2D eigenvalue weighted by Crippen LogP contribution is -2.37. The Morgan fingerprint density at radius 1 is 1.21 bits per heavy atom. The van der Waals surface area contributed by atoms with Crippen molar-refractivity contribution >= 4 is 5.69 Å².